The van der Waals surface area contributed by atoms with Crippen molar-refractivity contribution in [3.05, 3.63) is 39.6 Å². The molecule has 0 fully saturated rings. The normalized spacial score (nSPS) is 12.6. The molecular formula is C12H9F4NO4S. The Hall–Kier alpha value is -2.10. The third-order valence-electron chi connectivity index (χ3n) is 3.07. The summed E-state index contributed by atoms with van der Waals surface area (Å²) in [5.74, 6) is -2.52. The molecule has 2 aromatic rings. The molecule has 0 aliphatic carbocycles. The molecule has 10 heteroatoms. The molecule has 0 unspecified atom stereocenters. The number of aromatic amines is 1. The summed E-state index contributed by atoms with van der Waals surface area (Å²) in [6.07, 6.45) is 0. The first-order valence-electron chi connectivity index (χ1n) is 5.77. The van der Waals surface area contributed by atoms with Crippen LogP contribution in [0.15, 0.2) is 16.9 Å². The first-order chi connectivity index (χ1) is 9.94. The predicted molar refractivity (Wildman–Crippen MR) is 69.6 cm³/mol. The largest absolute Gasteiger partial charge is 0.534 e. The quantitative estimate of drug-likeness (QED) is 0.518. The summed E-state index contributed by atoms with van der Waals surface area (Å²) < 4.78 is 76.3. The molecule has 1 heterocycles. The van der Waals surface area contributed by atoms with Crippen molar-refractivity contribution in [2.75, 3.05) is 0 Å². The van der Waals surface area contributed by atoms with Crippen LogP contribution in [0.1, 0.15) is 11.3 Å². The zero-order valence-electron chi connectivity index (χ0n) is 11.2. The summed E-state index contributed by atoms with van der Waals surface area (Å²) in [4.78, 5) is 14.1. The van der Waals surface area contributed by atoms with Crippen LogP contribution in [0, 0.1) is 19.7 Å². The third kappa shape index (κ3) is 2.65. The SMILES string of the molecule is Cc1[nH]c(=O)c2cc(F)c(OS(=O)(=O)C(F)(F)F)cc2c1C. The number of rotatable bonds is 2. The van der Waals surface area contributed by atoms with E-state index < -0.39 is 32.8 Å². The highest BCUT2D eigenvalue weighted by molar-refractivity contribution is 7.88. The Kier molecular flexibility index (Phi) is 3.68. The summed E-state index contributed by atoms with van der Waals surface area (Å²) in [6.45, 7) is 3.07. The lowest BCUT2D eigenvalue weighted by atomic mass is 10.1. The Labute approximate surface area is 121 Å². The molecule has 0 saturated carbocycles. The van der Waals surface area contributed by atoms with Gasteiger partial charge in [-0.3, -0.25) is 4.79 Å². The molecule has 0 spiro atoms. The van der Waals surface area contributed by atoms with Crippen LogP contribution in [-0.2, 0) is 10.1 Å². The van der Waals surface area contributed by atoms with Crippen molar-refractivity contribution in [1.82, 2.24) is 4.98 Å². The van der Waals surface area contributed by atoms with Crippen molar-refractivity contribution in [3.8, 4) is 5.75 Å². The first-order valence-corrected chi connectivity index (χ1v) is 7.18. The van der Waals surface area contributed by atoms with Crippen LogP contribution < -0.4 is 9.74 Å². The maximum Gasteiger partial charge on any atom is 0.534 e. The molecule has 0 amide bonds. The van der Waals surface area contributed by atoms with E-state index in [1.165, 1.54) is 13.8 Å². The molecule has 2 rings (SSSR count). The number of aromatic nitrogens is 1. The summed E-state index contributed by atoms with van der Waals surface area (Å²) in [6, 6.07) is 1.38. The molecule has 22 heavy (non-hydrogen) atoms. The lowest BCUT2D eigenvalue weighted by molar-refractivity contribution is -0.0500. The van der Waals surface area contributed by atoms with Gasteiger partial charge < -0.3 is 9.17 Å². The number of pyridine rings is 1. The van der Waals surface area contributed by atoms with Crippen molar-refractivity contribution in [1.29, 1.82) is 0 Å². The number of H-pyrrole nitrogens is 1. The van der Waals surface area contributed by atoms with Gasteiger partial charge in [-0.2, -0.15) is 21.6 Å². The minimum atomic E-state index is -6.00. The molecule has 0 saturated heterocycles. The predicted octanol–water partition coefficient (Wildman–Crippen LogP) is 2.51. The van der Waals surface area contributed by atoms with Crippen LogP contribution in [0.3, 0.4) is 0 Å². The minimum Gasteiger partial charge on any atom is -0.373 e. The van der Waals surface area contributed by atoms with E-state index in [0.717, 1.165) is 6.07 Å². The first kappa shape index (κ1) is 16.3. The van der Waals surface area contributed by atoms with Gasteiger partial charge in [0.05, 0.1) is 5.39 Å². The van der Waals surface area contributed by atoms with Crippen LogP contribution in [0.4, 0.5) is 17.6 Å². The molecule has 0 radical (unpaired) electrons. The molecule has 1 aromatic carbocycles. The van der Waals surface area contributed by atoms with E-state index in [2.05, 4.69) is 9.17 Å². The van der Waals surface area contributed by atoms with Crippen LogP contribution in [-0.4, -0.2) is 18.9 Å². The zero-order valence-corrected chi connectivity index (χ0v) is 12.0. The molecule has 1 N–H and O–H groups in total. The lowest BCUT2D eigenvalue weighted by Crippen LogP contribution is -2.28. The van der Waals surface area contributed by atoms with Gasteiger partial charge in [0, 0.05) is 5.69 Å². The van der Waals surface area contributed by atoms with E-state index in [1.807, 2.05) is 0 Å². The lowest BCUT2D eigenvalue weighted by Gasteiger charge is -2.12. The fraction of sp³-hybridized carbons (Fsp3) is 0.250. The van der Waals surface area contributed by atoms with E-state index in [9.17, 15) is 30.8 Å². The third-order valence-corrected chi connectivity index (χ3v) is 4.03. The molecule has 0 aliphatic heterocycles. The van der Waals surface area contributed by atoms with Crippen molar-refractivity contribution >= 4 is 20.9 Å². The van der Waals surface area contributed by atoms with E-state index in [4.69, 9.17) is 0 Å². The van der Waals surface area contributed by atoms with E-state index in [1.54, 1.807) is 0 Å². The molecule has 1 aromatic heterocycles. The second-order valence-corrected chi connectivity index (χ2v) is 6.05. The number of nitrogens with one attached hydrogen (secondary N) is 1. The van der Waals surface area contributed by atoms with Gasteiger partial charge in [0.15, 0.2) is 11.6 Å². The minimum absolute atomic E-state index is 0.0926. The Morgan fingerprint density at radius 2 is 1.73 bits per heavy atom. The van der Waals surface area contributed by atoms with Gasteiger partial charge in [0.1, 0.15) is 0 Å². The highest BCUT2D eigenvalue weighted by Crippen LogP contribution is 2.31. The highest BCUT2D eigenvalue weighted by atomic mass is 32.2. The number of fused-ring (bicyclic) bond motifs is 1. The van der Waals surface area contributed by atoms with Crippen molar-refractivity contribution in [2.45, 2.75) is 19.4 Å². The van der Waals surface area contributed by atoms with Gasteiger partial charge in [-0.15, -0.1) is 0 Å². The van der Waals surface area contributed by atoms with Gasteiger partial charge in [-0.1, -0.05) is 0 Å². The highest BCUT2D eigenvalue weighted by Gasteiger charge is 2.49. The maximum absolute atomic E-state index is 13.7. The molecular weight excluding hydrogens is 330 g/mol. The fourth-order valence-electron chi connectivity index (χ4n) is 1.81. The summed E-state index contributed by atoms with van der Waals surface area (Å²) in [5.41, 5.74) is -5.48. The van der Waals surface area contributed by atoms with Crippen LogP contribution >= 0.6 is 0 Å². The molecule has 120 valence electrons. The van der Waals surface area contributed by atoms with Crippen molar-refractivity contribution in [3.63, 3.8) is 0 Å². The average Bonchev–Trinajstić information content (AvgIpc) is 2.36. The monoisotopic (exact) mass is 339 g/mol. The maximum atomic E-state index is 13.7. The second-order valence-electron chi connectivity index (χ2n) is 4.52. The second kappa shape index (κ2) is 4.97. The Bertz CT molecular complexity index is 915. The topological polar surface area (TPSA) is 76.2 Å². The van der Waals surface area contributed by atoms with Crippen molar-refractivity contribution in [2.24, 2.45) is 0 Å². The van der Waals surface area contributed by atoms with Gasteiger partial charge in [0.2, 0.25) is 0 Å². The zero-order chi connectivity index (χ0) is 16.9. The van der Waals surface area contributed by atoms with E-state index in [0.29, 0.717) is 17.3 Å². The Balaban J connectivity index is 2.70. The van der Waals surface area contributed by atoms with Gasteiger partial charge in [-0.25, -0.2) is 4.39 Å². The van der Waals surface area contributed by atoms with Gasteiger partial charge in [-0.05, 0) is 36.9 Å². The average molecular weight is 339 g/mol. The Morgan fingerprint density at radius 3 is 2.27 bits per heavy atom. The van der Waals surface area contributed by atoms with Crippen LogP contribution in [0.2, 0.25) is 0 Å². The number of benzene rings is 1. The number of hydrogen-bond acceptors (Lipinski definition) is 4. The molecule has 0 bridgehead atoms. The summed E-state index contributed by atoms with van der Waals surface area (Å²) >= 11 is 0. The van der Waals surface area contributed by atoms with Crippen LogP contribution in [0.25, 0.3) is 10.8 Å². The summed E-state index contributed by atoms with van der Waals surface area (Å²) in [5, 5.41) is -0.0348. The van der Waals surface area contributed by atoms with Crippen LogP contribution in [0.5, 0.6) is 5.75 Å². The fourth-order valence-corrected chi connectivity index (χ4v) is 2.27. The standard InChI is InChI=1S/C12H9F4NO4S/c1-5-6(2)17-11(18)8-3-9(13)10(4-7(5)8)21-22(19,20)12(14,15)16/h3-4H,1-2H3,(H,17,18). The van der Waals surface area contributed by atoms with E-state index in [-0.39, 0.29) is 10.8 Å². The molecule has 0 aliphatic rings. The molecule has 0 atom stereocenters. The van der Waals surface area contributed by atoms with Gasteiger partial charge >= 0.3 is 15.6 Å². The van der Waals surface area contributed by atoms with E-state index >= 15 is 0 Å². The smallest absolute Gasteiger partial charge is 0.373 e. The summed E-state index contributed by atoms with van der Waals surface area (Å²) in [7, 11) is -6.00. The Morgan fingerprint density at radius 1 is 1.14 bits per heavy atom. The number of hydrogen-bond donors (Lipinski definition) is 1. The number of halogens is 4. The van der Waals surface area contributed by atoms with Gasteiger partial charge in [0.25, 0.3) is 5.56 Å². The number of aryl methyl sites for hydroxylation is 2. The van der Waals surface area contributed by atoms with Crippen molar-refractivity contribution < 1.29 is 30.2 Å². The number of alkyl halides is 3. The molecule has 5 nitrogen and oxygen atoms in total.